The molecule has 3 atom stereocenters. The minimum atomic E-state index is -1.91. The molecule has 0 saturated heterocycles. The van der Waals surface area contributed by atoms with Crippen molar-refractivity contribution in [3.8, 4) is 11.5 Å². The predicted molar refractivity (Wildman–Crippen MR) is 104 cm³/mol. The molecule has 1 aromatic carbocycles. The summed E-state index contributed by atoms with van der Waals surface area (Å²) in [5.74, 6) is 0.287. The van der Waals surface area contributed by atoms with E-state index in [0.717, 1.165) is 17.9 Å². The Kier molecular flexibility index (Phi) is 6.40. The summed E-state index contributed by atoms with van der Waals surface area (Å²) < 4.78 is 17.4. The van der Waals surface area contributed by atoms with Crippen LogP contribution >= 0.6 is 0 Å². The Labute approximate surface area is 157 Å². The lowest BCUT2D eigenvalue weighted by atomic mass is 9.97. The van der Waals surface area contributed by atoms with Gasteiger partial charge in [0.2, 0.25) is 0 Å². The van der Waals surface area contributed by atoms with Crippen LogP contribution in [0.15, 0.2) is 24.3 Å². The first-order valence-corrected chi connectivity index (χ1v) is 12.1. The van der Waals surface area contributed by atoms with E-state index in [4.69, 9.17) is 13.9 Å². The average Bonchev–Trinajstić information content (AvgIpc) is 2.94. The van der Waals surface area contributed by atoms with Crippen molar-refractivity contribution in [1.29, 1.82) is 0 Å². The Bertz CT molecular complexity index is 606. The van der Waals surface area contributed by atoms with Gasteiger partial charge < -0.3 is 19.0 Å². The molecule has 0 spiro atoms. The van der Waals surface area contributed by atoms with Crippen LogP contribution in [-0.2, 0) is 9.22 Å². The summed E-state index contributed by atoms with van der Waals surface area (Å²) in [5.41, 5.74) is 0. The molecule has 0 amide bonds. The molecule has 2 rings (SSSR count). The number of benzene rings is 1. The van der Waals surface area contributed by atoms with Crippen molar-refractivity contribution in [2.24, 2.45) is 11.8 Å². The summed E-state index contributed by atoms with van der Waals surface area (Å²) in [5, 5.41) is 9.72. The van der Waals surface area contributed by atoms with Gasteiger partial charge in [-0.15, -0.1) is 0 Å². The molecule has 1 N–H and O–H groups in total. The molecular formula is C20H32O5Si. The first-order valence-electron chi connectivity index (χ1n) is 9.21. The minimum absolute atomic E-state index is 0.00135. The van der Waals surface area contributed by atoms with E-state index < -0.39 is 20.2 Å². The summed E-state index contributed by atoms with van der Waals surface area (Å²) in [6.07, 6.45) is 1.31. The normalized spacial score (nSPS) is 23.7. The molecule has 1 aliphatic carbocycles. The Morgan fingerprint density at radius 3 is 2.23 bits per heavy atom. The third-order valence-corrected chi connectivity index (χ3v) is 10.3. The molecular weight excluding hydrogens is 348 g/mol. The summed E-state index contributed by atoms with van der Waals surface area (Å²) in [6.45, 7) is 11.4. The van der Waals surface area contributed by atoms with E-state index in [1.807, 2.05) is 24.3 Å². The van der Waals surface area contributed by atoms with Gasteiger partial charge in [-0.25, -0.2) is 0 Å². The van der Waals surface area contributed by atoms with Crippen LogP contribution in [0.2, 0.25) is 18.1 Å². The highest BCUT2D eigenvalue weighted by Crippen LogP contribution is 2.42. The zero-order valence-corrected chi connectivity index (χ0v) is 17.7. The Morgan fingerprint density at radius 1 is 1.15 bits per heavy atom. The van der Waals surface area contributed by atoms with Crippen molar-refractivity contribution in [2.75, 3.05) is 13.7 Å². The van der Waals surface area contributed by atoms with Crippen molar-refractivity contribution in [1.82, 2.24) is 0 Å². The highest BCUT2D eigenvalue weighted by Gasteiger charge is 2.45. The first kappa shape index (κ1) is 20.8. The lowest BCUT2D eigenvalue weighted by Gasteiger charge is -2.38. The van der Waals surface area contributed by atoms with Gasteiger partial charge in [0.25, 0.3) is 0 Å². The molecule has 1 fully saturated rings. The van der Waals surface area contributed by atoms with Gasteiger partial charge in [0.15, 0.2) is 8.32 Å². The minimum Gasteiger partial charge on any atom is -0.497 e. The number of aliphatic carboxylic acids is 1. The number of methoxy groups -OCH3 is 1. The standard InChI is InChI=1S/C20H32O5Si/c1-20(2,3)26(5,6)25-17-11-14(18(12-17)19(21)22)13-24-16-9-7-15(23-4)8-10-16/h7-10,14,17-18H,11-13H2,1-6H3,(H,21,22)/t14-,17+,18+/m0/s1. The van der Waals surface area contributed by atoms with Crippen LogP contribution in [0.3, 0.4) is 0 Å². The maximum atomic E-state index is 11.7. The zero-order valence-electron chi connectivity index (χ0n) is 16.7. The zero-order chi connectivity index (χ0) is 19.5. The number of ether oxygens (including phenoxy) is 2. The number of carboxylic acids is 1. The third kappa shape index (κ3) is 5.01. The monoisotopic (exact) mass is 380 g/mol. The van der Waals surface area contributed by atoms with E-state index in [9.17, 15) is 9.90 Å². The largest absolute Gasteiger partial charge is 0.497 e. The fraction of sp³-hybridized carbons (Fsp3) is 0.650. The lowest BCUT2D eigenvalue weighted by Crippen LogP contribution is -2.43. The van der Waals surface area contributed by atoms with E-state index in [2.05, 4.69) is 33.9 Å². The van der Waals surface area contributed by atoms with E-state index in [0.29, 0.717) is 13.0 Å². The van der Waals surface area contributed by atoms with E-state index >= 15 is 0 Å². The van der Waals surface area contributed by atoms with Crippen LogP contribution in [0.4, 0.5) is 0 Å². The van der Waals surface area contributed by atoms with E-state index in [-0.39, 0.29) is 17.1 Å². The van der Waals surface area contributed by atoms with Crippen molar-refractivity contribution >= 4 is 14.3 Å². The maximum absolute atomic E-state index is 11.7. The highest BCUT2D eigenvalue weighted by atomic mass is 28.4. The molecule has 0 bridgehead atoms. The SMILES string of the molecule is COc1ccc(OC[C@@H]2C[C@@H](O[Si](C)(C)C(C)(C)C)C[C@H]2C(=O)O)cc1. The Balaban J connectivity index is 1.99. The number of carboxylic acid groups (broad SMARTS) is 1. The maximum Gasteiger partial charge on any atom is 0.307 e. The number of hydrogen-bond donors (Lipinski definition) is 1. The molecule has 0 radical (unpaired) electrons. The number of rotatable bonds is 7. The number of hydrogen-bond acceptors (Lipinski definition) is 4. The van der Waals surface area contributed by atoms with Crippen LogP contribution < -0.4 is 9.47 Å². The second kappa shape index (κ2) is 8.01. The summed E-state index contributed by atoms with van der Waals surface area (Å²) in [4.78, 5) is 11.7. The van der Waals surface area contributed by atoms with E-state index in [1.165, 1.54) is 0 Å². The Morgan fingerprint density at radius 2 is 1.73 bits per heavy atom. The molecule has 0 aromatic heterocycles. The van der Waals surface area contributed by atoms with Gasteiger partial charge in [0.05, 0.1) is 19.6 Å². The fourth-order valence-electron chi connectivity index (χ4n) is 3.13. The molecule has 1 saturated carbocycles. The Hall–Kier alpha value is -1.53. The van der Waals surface area contributed by atoms with Crippen molar-refractivity contribution < 1.29 is 23.8 Å². The van der Waals surface area contributed by atoms with Crippen molar-refractivity contribution in [3.05, 3.63) is 24.3 Å². The molecule has 146 valence electrons. The molecule has 0 heterocycles. The third-order valence-electron chi connectivity index (χ3n) is 5.76. The van der Waals surface area contributed by atoms with Crippen LogP contribution in [0, 0.1) is 11.8 Å². The van der Waals surface area contributed by atoms with E-state index in [1.54, 1.807) is 7.11 Å². The van der Waals surface area contributed by atoms with Crippen LogP contribution in [0.25, 0.3) is 0 Å². The summed E-state index contributed by atoms with van der Waals surface area (Å²) in [7, 11) is -0.290. The van der Waals surface area contributed by atoms with Crippen molar-refractivity contribution in [3.63, 3.8) is 0 Å². The van der Waals surface area contributed by atoms with Gasteiger partial charge >= 0.3 is 5.97 Å². The molecule has 5 nitrogen and oxygen atoms in total. The highest BCUT2D eigenvalue weighted by molar-refractivity contribution is 6.74. The smallest absolute Gasteiger partial charge is 0.307 e. The van der Waals surface area contributed by atoms with Crippen molar-refractivity contribution in [2.45, 2.75) is 57.8 Å². The number of carbonyl (C=O) groups is 1. The van der Waals surface area contributed by atoms with Gasteiger partial charge in [-0.3, -0.25) is 4.79 Å². The topological polar surface area (TPSA) is 65.0 Å². The second-order valence-corrected chi connectivity index (χ2v) is 13.4. The average molecular weight is 381 g/mol. The second-order valence-electron chi connectivity index (χ2n) is 8.66. The predicted octanol–water partition coefficient (Wildman–Crippen LogP) is 4.58. The quantitative estimate of drug-likeness (QED) is 0.702. The van der Waals surface area contributed by atoms with Gasteiger partial charge in [0, 0.05) is 12.0 Å². The van der Waals surface area contributed by atoms with Crippen LogP contribution in [0.1, 0.15) is 33.6 Å². The molecule has 6 heteroatoms. The molecule has 0 aliphatic heterocycles. The molecule has 0 unspecified atom stereocenters. The van der Waals surface area contributed by atoms with Gasteiger partial charge in [-0.1, -0.05) is 20.8 Å². The van der Waals surface area contributed by atoms with Crippen LogP contribution in [-0.4, -0.2) is 39.2 Å². The summed E-state index contributed by atoms with van der Waals surface area (Å²) in [6, 6.07) is 7.35. The van der Waals surface area contributed by atoms with Gasteiger partial charge in [0.1, 0.15) is 11.5 Å². The molecule has 26 heavy (non-hydrogen) atoms. The molecule has 1 aliphatic rings. The lowest BCUT2D eigenvalue weighted by molar-refractivity contribution is -0.143. The van der Waals surface area contributed by atoms with Gasteiger partial charge in [-0.2, -0.15) is 0 Å². The fourth-order valence-corrected chi connectivity index (χ4v) is 4.50. The summed E-state index contributed by atoms with van der Waals surface area (Å²) >= 11 is 0. The van der Waals surface area contributed by atoms with Gasteiger partial charge in [-0.05, 0) is 55.2 Å². The van der Waals surface area contributed by atoms with Crippen LogP contribution in [0.5, 0.6) is 11.5 Å². The first-order chi connectivity index (χ1) is 12.0. The molecule has 1 aromatic rings.